The minimum Gasteiger partial charge on any atom is -0.346 e. The lowest BCUT2D eigenvalue weighted by Gasteiger charge is -2.14. The molecule has 0 aliphatic carbocycles. The summed E-state index contributed by atoms with van der Waals surface area (Å²) >= 11 is 13.4. The molecule has 1 aromatic heterocycles. The Bertz CT molecular complexity index is 1020. The van der Waals surface area contributed by atoms with Crippen LogP contribution in [0.2, 0.25) is 10.0 Å². The number of nitrogens with one attached hydrogen (secondary N) is 1. The normalized spacial score (nSPS) is 13.7. The molecular formula is C19H16Cl2NO3PS. The Morgan fingerprint density at radius 1 is 1.19 bits per heavy atom. The van der Waals surface area contributed by atoms with Crippen LogP contribution in [0, 0.1) is 0 Å². The van der Waals surface area contributed by atoms with Crippen molar-refractivity contribution >= 4 is 64.6 Å². The highest BCUT2D eigenvalue weighted by atomic mass is 35.5. The summed E-state index contributed by atoms with van der Waals surface area (Å²) in [5.74, 6) is -1.07. The first-order chi connectivity index (χ1) is 12.9. The van der Waals surface area contributed by atoms with E-state index in [1.54, 1.807) is 30.3 Å². The lowest BCUT2D eigenvalue weighted by molar-refractivity contribution is -0.121. The number of fused-ring (bicyclic) bond motifs is 1. The second-order valence-electron chi connectivity index (χ2n) is 5.88. The molecule has 2 unspecified atom stereocenters. The van der Waals surface area contributed by atoms with Gasteiger partial charge in [0.1, 0.15) is 0 Å². The van der Waals surface area contributed by atoms with Crippen LogP contribution in [0.4, 0.5) is 0 Å². The van der Waals surface area contributed by atoms with Gasteiger partial charge in [0.25, 0.3) is 0 Å². The van der Waals surface area contributed by atoms with Gasteiger partial charge < -0.3 is 10.2 Å². The summed E-state index contributed by atoms with van der Waals surface area (Å²) in [5, 5.41) is 6.57. The molecule has 0 saturated heterocycles. The summed E-state index contributed by atoms with van der Waals surface area (Å²) in [4.78, 5) is 22.1. The third-order valence-corrected chi connectivity index (χ3v) is 6.23. The van der Waals surface area contributed by atoms with E-state index < -0.39 is 13.9 Å². The van der Waals surface area contributed by atoms with Gasteiger partial charge in [0.2, 0.25) is 5.91 Å². The second-order valence-corrected chi connectivity index (χ2v) is 8.86. The van der Waals surface area contributed by atoms with Crippen LogP contribution < -0.4 is 5.32 Å². The average Bonchev–Trinajstić information content (AvgIpc) is 3.04. The van der Waals surface area contributed by atoms with Crippen molar-refractivity contribution in [2.24, 2.45) is 0 Å². The smallest absolute Gasteiger partial charge is 0.232 e. The number of amides is 1. The van der Waals surface area contributed by atoms with Gasteiger partial charge >= 0.3 is 0 Å². The fourth-order valence-electron chi connectivity index (χ4n) is 2.70. The molecule has 0 fully saturated rings. The number of halogens is 2. The molecule has 2 N–H and O–H groups in total. The summed E-state index contributed by atoms with van der Waals surface area (Å²) < 4.78 is 12.5. The van der Waals surface area contributed by atoms with Gasteiger partial charge in [-0.05, 0) is 58.3 Å². The van der Waals surface area contributed by atoms with Gasteiger partial charge in [-0.3, -0.25) is 9.36 Å². The van der Waals surface area contributed by atoms with Crippen molar-refractivity contribution in [2.75, 3.05) is 6.16 Å². The zero-order valence-corrected chi connectivity index (χ0v) is 17.3. The molecule has 2 atom stereocenters. The zero-order valence-electron chi connectivity index (χ0n) is 14.0. The topological polar surface area (TPSA) is 66.4 Å². The maximum absolute atomic E-state index is 12.7. The van der Waals surface area contributed by atoms with Crippen LogP contribution in [0.1, 0.15) is 17.0 Å². The molecule has 27 heavy (non-hydrogen) atoms. The molecular weight excluding hydrogens is 424 g/mol. The Morgan fingerprint density at radius 3 is 2.59 bits per heavy atom. The van der Waals surface area contributed by atoms with Crippen LogP contribution >= 0.6 is 42.6 Å². The van der Waals surface area contributed by atoms with E-state index in [2.05, 4.69) is 5.32 Å². The molecule has 0 radical (unpaired) electrons. The highest BCUT2D eigenvalue weighted by Crippen LogP contribution is 2.36. The Kier molecular flexibility index (Phi) is 6.74. The quantitative estimate of drug-likeness (QED) is 0.495. The van der Waals surface area contributed by atoms with Gasteiger partial charge in [-0.1, -0.05) is 35.3 Å². The Balaban J connectivity index is 1.83. The van der Waals surface area contributed by atoms with E-state index in [9.17, 15) is 14.3 Å². The largest absolute Gasteiger partial charge is 0.346 e. The van der Waals surface area contributed by atoms with E-state index in [0.29, 0.717) is 15.6 Å². The first-order valence-corrected chi connectivity index (χ1v) is 11.2. The van der Waals surface area contributed by atoms with Crippen LogP contribution in [0.15, 0.2) is 54.0 Å². The van der Waals surface area contributed by atoms with E-state index in [0.717, 1.165) is 15.6 Å². The van der Waals surface area contributed by atoms with Crippen LogP contribution in [0.25, 0.3) is 16.2 Å². The number of carbonyl (C=O) groups is 1. The molecule has 3 rings (SSSR count). The van der Waals surface area contributed by atoms with Crippen molar-refractivity contribution in [3.8, 4) is 0 Å². The molecule has 0 bridgehead atoms. The molecule has 0 aliphatic heterocycles. The molecule has 3 aromatic rings. The molecule has 2 aromatic carbocycles. The minimum absolute atomic E-state index is 0.121. The molecule has 1 heterocycles. The minimum atomic E-state index is -2.84. The van der Waals surface area contributed by atoms with Gasteiger partial charge in [-0.2, -0.15) is 0 Å². The number of carbonyl (C=O) groups excluding carboxylic acids is 1. The van der Waals surface area contributed by atoms with E-state index in [-0.39, 0.29) is 12.1 Å². The van der Waals surface area contributed by atoms with Crippen molar-refractivity contribution < 1.29 is 14.3 Å². The number of hydrogen-bond acceptors (Lipinski definition) is 3. The van der Waals surface area contributed by atoms with Gasteiger partial charge in [0.15, 0.2) is 8.03 Å². The number of hydrogen-bond donors (Lipinski definition) is 2. The fraction of sp³-hybridized carbons (Fsp3) is 0.105. The molecule has 0 spiro atoms. The molecule has 4 nitrogen and oxygen atoms in total. The first-order valence-electron chi connectivity index (χ1n) is 8.05. The molecule has 8 heteroatoms. The summed E-state index contributed by atoms with van der Waals surface area (Å²) in [6.45, 7) is 0. The van der Waals surface area contributed by atoms with Crippen LogP contribution in [-0.4, -0.2) is 17.0 Å². The van der Waals surface area contributed by atoms with E-state index in [1.165, 1.54) is 17.5 Å². The lowest BCUT2D eigenvalue weighted by atomic mass is 9.99. The summed E-state index contributed by atoms with van der Waals surface area (Å²) in [6.07, 6.45) is 3.13. The molecule has 0 aliphatic rings. The van der Waals surface area contributed by atoms with Gasteiger partial charge in [-0.25, -0.2) is 0 Å². The Morgan fingerprint density at radius 2 is 1.89 bits per heavy atom. The van der Waals surface area contributed by atoms with E-state index in [4.69, 9.17) is 23.2 Å². The number of benzene rings is 2. The van der Waals surface area contributed by atoms with E-state index >= 15 is 0 Å². The zero-order chi connectivity index (χ0) is 19.4. The summed E-state index contributed by atoms with van der Waals surface area (Å²) in [5.41, 5.74) is 1.59. The maximum atomic E-state index is 12.7. The lowest BCUT2D eigenvalue weighted by Crippen LogP contribution is -2.26. The molecule has 0 saturated carbocycles. The van der Waals surface area contributed by atoms with Gasteiger partial charge in [-0.15, -0.1) is 11.3 Å². The molecule has 1 amide bonds. The predicted molar refractivity (Wildman–Crippen MR) is 114 cm³/mol. The van der Waals surface area contributed by atoms with Crippen molar-refractivity contribution in [1.29, 1.82) is 0 Å². The second kappa shape index (κ2) is 9.05. The summed E-state index contributed by atoms with van der Waals surface area (Å²) in [6, 6.07) is 12.6. The maximum Gasteiger partial charge on any atom is 0.232 e. The third kappa shape index (κ3) is 5.22. The van der Waals surface area contributed by atoms with Crippen molar-refractivity contribution in [1.82, 2.24) is 5.32 Å². The van der Waals surface area contributed by atoms with E-state index in [1.807, 2.05) is 23.6 Å². The fourth-order valence-corrected chi connectivity index (χ4v) is 4.75. The number of rotatable bonds is 6. The van der Waals surface area contributed by atoms with Gasteiger partial charge in [0.05, 0.1) is 5.92 Å². The Hall–Kier alpha value is -1.62. The predicted octanol–water partition coefficient (Wildman–Crippen LogP) is 5.55. The standard InChI is InChI=1S/C19H16Cl2NO3PS/c20-13-3-1-12(2-4-13)7-8-22-19(23)16(10-26(24)25)17-11-27-18-6-5-14(21)9-15(17)18/h1-9,11,16,26H,10H2,(H,22,23)(H,24,25)/b8-7+. The monoisotopic (exact) mass is 439 g/mol. The first kappa shape index (κ1) is 20.1. The van der Waals surface area contributed by atoms with Crippen LogP contribution in [0.5, 0.6) is 0 Å². The van der Waals surface area contributed by atoms with Crippen LogP contribution in [0.3, 0.4) is 0 Å². The van der Waals surface area contributed by atoms with Gasteiger partial charge in [0, 0.05) is 27.1 Å². The third-order valence-electron chi connectivity index (χ3n) is 4.01. The SMILES string of the molecule is O=C(N/C=C/c1ccc(Cl)cc1)C(C[PH](=O)O)c1csc2ccc(Cl)cc12. The van der Waals surface area contributed by atoms with Crippen molar-refractivity contribution in [3.05, 3.63) is 75.2 Å². The average molecular weight is 440 g/mol. The van der Waals surface area contributed by atoms with Crippen molar-refractivity contribution in [3.63, 3.8) is 0 Å². The van der Waals surface area contributed by atoms with Crippen LogP contribution in [-0.2, 0) is 9.36 Å². The Labute approximate surface area is 171 Å². The number of thiophene rings is 1. The highest BCUT2D eigenvalue weighted by Gasteiger charge is 2.25. The van der Waals surface area contributed by atoms with Crippen molar-refractivity contribution in [2.45, 2.75) is 5.92 Å². The molecule has 140 valence electrons. The highest BCUT2D eigenvalue weighted by molar-refractivity contribution is 7.38. The summed E-state index contributed by atoms with van der Waals surface area (Å²) in [7, 11) is -2.84.